The van der Waals surface area contributed by atoms with Gasteiger partial charge in [0.15, 0.2) is 0 Å². The summed E-state index contributed by atoms with van der Waals surface area (Å²) in [5, 5.41) is 9.09. The first-order valence-corrected chi connectivity index (χ1v) is 13.1. The largest absolute Gasteiger partial charge is 0.478 e. The predicted octanol–water partition coefficient (Wildman–Crippen LogP) is 7.22. The fraction of sp³-hybridized carbons (Fsp3) is 0.793. The van der Waals surface area contributed by atoms with E-state index in [1.807, 2.05) is 6.08 Å². The van der Waals surface area contributed by atoms with E-state index in [1.54, 1.807) is 12.5 Å². The number of carboxylic acids is 1. The van der Waals surface area contributed by atoms with Gasteiger partial charge in [0.05, 0.1) is 0 Å². The number of aliphatic carboxylic acids is 1. The van der Waals surface area contributed by atoms with Gasteiger partial charge in [0, 0.05) is 17.4 Å². The summed E-state index contributed by atoms with van der Waals surface area (Å²) in [5.74, 6) is 2.89. The highest BCUT2D eigenvalue weighted by Crippen LogP contribution is 2.68. The summed E-state index contributed by atoms with van der Waals surface area (Å²) >= 11 is 0. The van der Waals surface area contributed by atoms with Crippen LogP contribution < -0.4 is 0 Å². The Bertz CT molecular complexity index is 848. The fourth-order valence-electron chi connectivity index (χ4n) is 8.47. The Morgan fingerprint density at radius 1 is 1.19 bits per heavy atom. The minimum atomic E-state index is -0.800. The zero-order chi connectivity index (χ0) is 23.5. The lowest BCUT2D eigenvalue weighted by atomic mass is 9.46. The molecule has 3 fully saturated rings. The summed E-state index contributed by atoms with van der Waals surface area (Å²) in [5.41, 5.74) is 2.59. The van der Waals surface area contributed by atoms with Gasteiger partial charge in [0.1, 0.15) is 5.78 Å². The number of rotatable bonds is 5. The van der Waals surface area contributed by atoms with Crippen LogP contribution in [0.2, 0.25) is 0 Å². The smallest absolute Gasteiger partial charge is 0.330 e. The predicted molar refractivity (Wildman–Crippen MR) is 129 cm³/mol. The number of Topliss-reactive ketones (excluding diaryl/α,β-unsaturated/α-hetero) is 1. The Morgan fingerprint density at radius 2 is 1.91 bits per heavy atom. The topological polar surface area (TPSA) is 54.4 Å². The molecule has 3 saturated carbocycles. The van der Waals surface area contributed by atoms with E-state index in [1.165, 1.54) is 32.1 Å². The monoisotopic (exact) mass is 440 g/mol. The molecule has 0 aliphatic heterocycles. The van der Waals surface area contributed by atoms with Gasteiger partial charge >= 0.3 is 5.97 Å². The highest BCUT2D eigenvalue weighted by atomic mass is 16.4. The summed E-state index contributed by atoms with van der Waals surface area (Å²) in [6, 6.07) is 0. The summed E-state index contributed by atoms with van der Waals surface area (Å²) in [6.45, 7) is 13.5. The van der Waals surface area contributed by atoms with Crippen LogP contribution in [0.4, 0.5) is 0 Å². The van der Waals surface area contributed by atoms with Gasteiger partial charge in [-0.1, -0.05) is 52.3 Å². The molecule has 0 heterocycles. The molecule has 0 saturated heterocycles. The van der Waals surface area contributed by atoms with Crippen LogP contribution in [0.1, 0.15) is 99.3 Å². The maximum atomic E-state index is 12.7. The van der Waals surface area contributed by atoms with Gasteiger partial charge in [-0.2, -0.15) is 0 Å². The molecule has 4 aliphatic carbocycles. The SMILES string of the molecule is C/C(=C\CC[C@@H](C)[C@H]1CC[C@@]2(C)[C@@H]3CC[C@@H]4C(C)(C)C(=O)CC[C@]4(C)C3=C[C@H]2C1)C(=O)O. The van der Waals surface area contributed by atoms with Gasteiger partial charge in [-0.3, -0.25) is 4.79 Å². The van der Waals surface area contributed by atoms with Crippen LogP contribution in [0.25, 0.3) is 0 Å². The third kappa shape index (κ3) is 3.62. The van der Waals surface area contributed by atoms with Crippen LogP contribution >= 0.6 is 0 Å². The molecule has 1 N–H and O–H groups in total. The zero-order valence-corrected chi connectivity index (χ0v) is 21.2. The minimum Gasteiger partial charge on any atom is -0.478 e. The van der Waals surface area contributed by atoms with Crippen molar-refractivity contribution >= 4 is 11.8 Å². The van der Waals surface area contributed by atoms with Gasteiger partial charge in [-0.15, -0.1) is 0 Å². The van der Waals surface area contributed by atoms with E-state index in [-0.39, 0.29) is 10.8 Å². The number of carbonyl (C=O) groups is 2. The van der Waals surface area contributed by atoms with E-state index in [9.17, 15) is 9.59 Å². The third-order valence-electron chi connectivity index (χ3n) is 10.9. The van der Waals surface area contributed by atoms with E-state index in [0.29, 0.717) is 40.4 Å². The van der Waals surface area contributed by atoms with Crippen LogP contribution in [-0.4, -0.2) is 16.9 Å². The molecule has 0 aromatic heterocycles. The molecule has 4 aliphatic rings. The molecule has 7 atom stereocenters. The number of carbonyl (C=O) groups excluding carboxylic acids is 1. The first-order chi connectivity index (χ1) is 14.9. The van der Waals surface area contributed by atoms with Crippen molar-refractivity contribution in [3.8, 4) is 0 Å². The Labute approximate surface area is 195 Å². The quantitative estimate of drug-likeness (QED) is 0.363. The number of hydrogen-bond donors (Lipinski definition) is 1. The average molecular weight is 441 g/mol. The number of fused-ring (bicyclic) bond motifs is 5. The molecule has 0 aromatic rings. The molecule has 0 spiro atoms. The second kappa shape index (κ2) is 8.13. The molecule has 0 aromatic carbocycles. The van der Waals surface area contributed by atoms with Crippen LogP contribution in [0, 0.1) is 45.8 Å². The van der Waals surface area contributed by atoms with E-state index >= 15 is 0 Å². The van der Waals surface area contributed by atoms with Crippen molar-refractivity contribution in [2.45, 2.75) is 99.3 Å². The second-order valence-electron chi connectivity index (χ2n) is 12.8. The molecule has 0 bridgehead atoms. The molecule has 0 radical (unpaired) electrons. The van der Waals surface area contributed by atoms with Crippen molar-refractivity contribution in [1.29, 1.82) is 0 Å². The molecule has 32 heavy (non-hydrogen) atoms. The van der Waals surface area contributed by atoms with Crippen LogP contribution in [-0.2, 0) is 9.59 Å². The van der Waals surface area contributed by atoms with Crippen LogP contribution in [0.15, 0.2) is 23.3 Å². The Morgan fingerprint density at radius 3 is 2.59 bits per heavy atom. The number of hydrogen-bond acceptors (Lipinski definition) is 2. The highest BCUT2D eigenvalue weighted by molar-refractivity contribution is 5.86. The molecule has 0 amide bonds. The fourth-order valence-corrected chi connectivity index (χ4v) is 8.47. The van der Waals surface area contributed by atoms with Gasteiger partial charge in [-0.05, 0) is 98.7 Å². The summed E-state index contributed by atoms with van der Waals surface area (Å²) in [6.07, 6.45) is 14.7. The van der Waals surface area contributed by atoms with Crippen molar-refractivity contribution in [2.24, 2.45) is 45.8 Å². The van der Waals surface area contributed by atoms with Gasteiger partial charge in [0.2, 0.25) is 0 Å². The summed E-state index contributed by atoms with van der Waals surface area (Å²) in [7, 11) is 0. The summed E-state index contributed by atoms with van der Waals surface area (Å²) in [4.78, 5) is 23.8. The molecular weight excluding hydrogens is 396 g/mol. The Kier molecular flexibility index (Phi) is 6.04. The first kappa shape index (κ1) is 23.8. The van der Waals surface area contributed by atoms with E-state index < -0.39 is 5.97 Å². The lowest BCUT2D eigenvalue weighted by Gasteiger charge is -2.57. The van der Waals surface area contributed by atoms with Crippen molar-refractivity contribution in [2.75, 3.05) is 0 Å². The van der Waals surface area contributed by atoms with Gasteiger partial charge < -0.3 is 5.11 Å². The molecule has 0 unspecified atom stereocenters. The van der Waals surface area contributed by atoms with Gasteiger partial charge in [-0.25, -0.2) is 4.79 Å². The van der Waals surface area contributed by atoms with Gasteiger partial charge in [0.25, 0.3) is 0 Å². The van der Waals surface area contributed by atoms with Crippen molar-refractivity contribution in [3.63, 3.8) is 0 Å². The minimum absolute atomic E-state index is 0.188. The summed E-state index contributed by atoms with van der Waals surface area (Å²) < 4.78 is 0. The zero-order valence-electron chi connectivity index (χ0n) is 21.2. The van der Waals surface area contributed by atoms with E-state index in [4.69, 9.17) is 5.11 Å². The lowest BCUT2D eigenvalue weighted by molar-refractivity contribution is -0.141. The van der Waals surface area contributed by atoms with E-state index in [0.717, 1.165) is 31.6 Å². The number of carboxylic acid groups (broad SMARTS) is 1. The standard InChI is InChI=1S/C29H44O3/c1-18(8-7-9-19(2)26(31)32)20-12-14-28(5)21(16-20)17-23-22(28)10-11-24-27(3,4)25(30)13-15-29(23,24)6/h9,17-18,20-22,24H,7-8,10-16H2,1-6H3,(H,31,32)/b19-9+/t18-,20+,21-,22-,24-,28-,29-/m1/s1. The Balaban J connectivity index is 1.50. The third-order valence-corrected chi connectivity index (χ3v) is 10.9. The maximum Gasteiger partial charge on any atom is 0.330 e. The van der Waals surface area contributed by atoms with Crippen molar-refractivity contribution < 1.29 is 14.7 Å². The molecule has 4 rings (SSSR count). The second-order valence-corrected chi connectivity index (χ2v) is 12.8. The van der Waals surface area contributed by atoms with Crippen LogP contribution in [0.5, 0.6) is 0 Å². The molecule has 178 valence electrons. The molecule has 3 nitrogen and oxygen atoms in total. The number of ketones is 1. The lowest BCUT2D eigenvalue weighted by Crippen LogP contribution is -2.52. The van der Waals surface area contributed by atoms with Crippen molar-refractivity contribution in [3.05, 3.63) is 23.3 Å². The number of allylic oxidation sites excluding steroid dienone is 3. The molecular formula is C29H44O3. The maximum absolute atomic E-state index is 12.7. The normalized spacial score (nSPS) is 41.9. The Hall–Kier alpha value is -1.38. The van der Waals surface area contributed by atoms with E-state index in [2.05, 4.69) is 40.7 Å². The average Bonchev–Trinajstić information content (AvgIpc) is 3.04. The van der Waals surface area contributed by atoms with Crippen molar-refractivity contribution in [1.82, 2.24) is 0 Å². The first-order valence-electron chi connectivity index (χ1n) is 13.1. The molecule has 3 heteroatoms. The van der Waals surface area contributed by atoms with Crippen LogP contribution in [0.3, 0.4) is 0 Å². The highest BCUT2D eigenvalue weighted by Gasteiger charge is 2.61.